The molecular formula is C29H32N2O3S. The van der Waals surface area contributed by atoms with E-state index < -0.39 is 0 Å². The molecule has 3 aromatic rings. The number of benzene rings is 2. The highest BCUT2D eigenvalue weighted by Gasteiger charge is 2.35. The fraction of sp³-hybridized carbons (Fsp3) is 0.379. The summed E-state index contributed by atoms with van der Waals surface area (Å²) in [6, 6.07) is 19.8. The second-order valence-corrected chi connectivity index (χ2v) is 10.7. The topological polar surface area (TPSA) is 49.9 Å². The molecule has 2 aliphatic rings. The van der Waals surface area contributed by atoms with E-state index in [2.05, 4.69) is 18.4 Å². The molecule has 182 valence electrons. The molecule has 0 saturated heterocycles. The van der Waals surface area contributed by atoms with Crippen molar-refractivity contribution in [2.75, 3.05) is 26.2 Å². The fourth-order valence-corrected chi connectivity index (χ4v) is 5.62. The molecule has 1 fully saturated rings. The van der Waals surface area contributed by atoms with Gasteiger partial charge < -0.3 is 14.5 Å². The van der Waals surface area contributed by atoms with E-state index in [0.717, 1.165) is 30.6 Å². The maximum Gasteiger partial charge on any atom is 0.242 e. The Kier molecular flexibility index (Phi) is 7.19. The van der Waals surface area contributed by atoms with Crippen molar-refractivity contribution in [3.8, 4) is 5.75 Å². The molecule has 0 N–H and O–H groups in total. The summed E-state index contributed by atoms with van der Waals surface area (Å²) in [6.07, 6.45) is 3.45. The van der Waals surface area contributed by atoms with Crippen LogP contribution in [0.4, 0.5) is 0 Å². The minimum Gasteiger partial charge on any atom is -0.491 e. The molecule has 0 unspecified atom stereocenters. The first kappa shape index (κ1) is 23.6. The van der Waals surface area contributed by atoms with Crippen LogP contribution in [0.15, 0.2) is 66.0 Å². The van der Waals surface area contributed by atoms with Crippen LogP contribution in [0.25, 0.3) is 0 Å². The summed E-state index contributed by atoms with van der Waals surface area (Å²) in [7, 11) is 0. The Labute approximate surface area is 211 Å². The summed E-state index contributed by atoms with van der Waals surface area (Å²) in [5.41, 5.74) is 3.34. The van der Waals surface area contributed by atoms with Gasteiger partial charge in [-0.1, -0.05) is 48.0 Å². The Bertz CT molecular complexity index is 1150. The molecule has 1 atom stereocenters. The van der Waals surface area contributed by atoms with Gasteiger partial charge in [-0.3, -0.25) is 9.59 Å². The van der Waals surface area contributed by atoms with E-state index in [-0.39, 0.29) is 24.4 Å². The van der Waals surface area contributed by atoms with Crippen LogP contribution >= 0.6 is 11.3 Å². The normalized spacial score (nSPS) is 17.1. The Morgan fingerprint density at radius 2 is 1.83 bits per heavy atom. The Morgan fingerprint density at radius 3 is 2.57 bits per heavy atom. The highest BCUT2D eigenvalue weighted by atomic mass is 32.1. The molecule has 2 heterocycles. The van der Waals surface area contributed by atoms with Crippen molar-refractivity contribution in [3.63, 3.8) is 0 Å². The number of fused-ring (bicyclic) bond motifs is 1. The molecule has 0 radical (unpaired) electrons. The van der Waals surface area contributed by atoms with E-state index in [0.29, 0.717) is 32.0 Å². The molecule has 0 spiro atoms. The van der Waals surface area contributed by atoms with Gasteiger partial charge in [-0.05, 0) is 66.8 Å². The average Bonchev–Trinajstić information content (AvgIpc) is 3.56. The fourth-order valence-electron chi connectivity index (χ4n) is 4.69. The first-order chi connectivity index (χ1) is 17.1. The van der Waals surface area contributed by atoms with E-state index in [9.17, 15) is 9.59 Å². The third-order valence-electron chi connectivity index (χ3n) is 6.90. The second kappa shape index (κ2) is 10.6. The summed E-state index contributed by atoms with van der Waals surface area (Å²) >= 11 is 1.75. The van der Waals surface area contributed by atoms with Crippen LogP contribution in [-0.2, 0) is 22.4 Å². The molecule has 1 aliphatic heterocycles. The number of carbonyl (C=O) groups is 2. The molecule has 2 amide bonds. The number of hydrogen-bond donors (Lipinski definition) is 0. The summed E-state index contributed by atoms with van der Waals surface area (Å²) in [5.74, 6) is 1.35. The highest BCUT2D eigenvalue weighted by Crippen LogP contribution is 2.34. The summed E-state index contributed by atoms with van der Waals surface area (Å²) < 4.78 is 6.14. The number of rotatable bonds is 9. The Hall–Kier alpha value is -3.12. The molecule has 5 nitrogen and oxygen atoms in total. The molecule has 1 saturated carbocycles. The van der Waals surface area contributed by atoms with Crippen LogP contribution in [0.5, 0.6) is 5.75 Å². The third kappa shape index (κ3) is 5.93. The van der Waals surface area contributed by atoms with Gasteiger partial charge in [0.25, 0.3) is 0 Å². The number of ether oxygens (including phenoxy) is 1. The van der Waals surface area contributed by atoms with Gasteiger partial charge in [0.05, 0.1) is 19.0 Å². The van der Waals surface area contributed by atoms with Crippen molar-refractivity contribution in [1.29, 1.82) is 0 Å². The molecule has 1 aromatic heterocycles. The van der Waals surface area contributed by atoms with Gasteiger partial charge in [0, 0.05) is 18.0 Å². The van der Waals surface area contributed by atoms with Crippen molar-refractivity contribution in [3.05, 3.63) is 87.6 Å². The van der Waals surface area contributed by atoms with Crippen molar-refractivity contribution < 1.29 is 14.3 Å². The van der Waals surface area contributed by atoms with Gasteiger partial charge >= 0.3 is 0 Å². The molecule has 6 heteroatoms. The zero-order valence-corrected chi connectivity index (χ0v) is 21.0. The van der Waals surface area contributed by atoms with Crippen molar-refractivity contribution >= 4 is 23.2 Å². The van der Waals surface area contributed by atoms with E-state index in [4.69, 9.17) is 4.74 Å². The molecule has 0 bridgehead atoms. The number of aryl methyl sites for hydroxylation is 1. The minimum atomic E-state index is -0.147. The lowest BCUT2D eigenvalue weighted by Crippen LogP contribution is -2.48. The quantitative estimate of drug-likeness (QED) is 0.424. The summed E-state index contributed by atoms with van der Waals surface area (Å²) in [4.78, 5) is 31.9. The van der Waals surface area contributed by atoms with E-state index in [1.807, 2.05) is 59.5 Å². The monoisotopic (exact) mass is 488 g/mol. The third-order valence-corrected chi connectivity index (χ3v) is 7.89. The Morgan fingerprint density at radius 1 is 1.06 bits per heavy atom. The number of thiophene rings is 1. The lowest BCUT2D eigenvalue weighted by atomic mass is 10.00. The number of carbonyl (C=O) groups excluding carboxylic acids is 2. The maximum absolute atomic E-state index is 13.6. The first-order valence-corrected chi connectivity index (χ1v) is 13.3. The van der Waals surface area contributed by atoms with Crippen LogP contribution in [-0.4, -0.2) is 47.9 Å². The maximum atomic E-state index is 13.6. The smallest absolute Gasteiger partial charge is 0.242 e. The van der Waals surface area contributed by atoms with Crippen molar-refractivity contribution in [1.82, 2.24) is 9.80 Å². The largest absolute Gasteiger partial charge is 0.491 e. The van der Waals surface area contributed by atoms with E-state index in [1.165, 1.54) is 16.0 Å². The summed E-state index contributed by atoms with van der Waals surface area (Å²) in [6.45, 7) is 3.90. The SMILES string of the molecule is Cc1ccc(OC[C@H]2c3ccsc3CCN2C(=O)CN(CC2CC2)C(=O)Cc2ccccc2)cc1. The lowest BCUT2D eigenvalue weighted by Gasteiger charge is -2.37. The summed E-state index contributed by atoms with van der Waals surface area (Å²) in [5, 5.41) is 2.10. The number of amides is 2. The minimum absolute atomic E-state index is 0.00131. The van der Waals surface area contributed by atoms with E-state index >= 15 is 0 Å². The van der Waals surface area contributed by atoms with Gasteiger partial charge in [0.1, 0.15) is 12.4 Å². The highest BCUT2D eigenvalue weighted by molar-refractivity contribution is 7.10. The first-order valence-electron chi connectivity index (χ1n) is 12.4. The second-order valence-electron chi connectivity index (χ2n) is 9.66. The van der Waals surface area contributed by atoms with Crippen LogP contribution < -0.4 is 4.74 Å². The van der Waals surface area contributed by atoms with Crippen LogP contribution in [0.2, 0.25) is 0 Å². The predicted molar refractivity (Wildman–Crippen MR) is 139 cm³/mol. The standard InChI is InChI=1S/C29H32N2O3S/c1-21-7-11-24(12-8-21)34-20-26-25-14-16-35-27(25)13-15-31(26)29(33)19-30(18-23-9-10-23)28(32)17-22-5-3-2-4-6-22/h2-8,11-12,14,16,23,26H,9-10,13,15,17-20H2,1H3/t26-/m0/s1. The predicted octanol–water partition coefficient (Wildman–Crippen LogP) is 5.04. The van der Waals surface area contributed by atoms with Crippen LogP contribution in [0.3, 0.4) is 0 Å². The molecule has 2 aromatic carbocycles. The van der Waals surface area contributed by atoms with Crippen LogP contribution in [0, 0.1) is 12.8 Å². The van der Waals surface area contributed by atoms with Gasteiger partial charge in [0.15, 0.2) is 0 Å². The van der Waals surface area contributed by atoms with Gasteiger partial charge in [0.2, 0.25) is 11.8 Å². The Balaban J connectivity index is 1.30. The number of hydrogen-bond acceptors (Lipinski definition) is 4. The number of nitrogens with zero attached hydrogens (tertiary/aromatic N) is 2. The van der Waals surface area contributed by atoms with Gasteiger partial charge in [-0.15, -0.1) is 11.3 Å². The van der Waals surface area contributed by atoms with Gasteiger partial charge in [-0.25, -0.2) is 0 Å². The molecule has 35 heavy (non-hydrogen) atoms. The van der Waals surface area contributed by atoms with Gasteiger partial charge in [-0.2, -0.15) is 0 Å². The average molecular weight is 489 g/mol. The molecule has 1 aliphatic carbocycles. The van der Waals surface area contributed by atoms with Crippen LogP contribution in [0.1, 0.15) is 40.5 Å². The van der Waals surface area contributed by atoms with E-state index in [1.54, 1.807) is 16.2 Å². The lowest BCUT2D eigenvalue weighted by molar-refractivity contribution is -0.142. The molecule has 5 rings (SSSR count). The zero-order valence-electron chi connectivity index (χ0n) is 20.2. The zero-order chi connectivity index (χ0) is 24.2. The molecular weight excluding hydrogens is 456 g/mol. The van der Waals surface area contributed by atoms with Crippen molar-refractivity contribution in [2.45, 2.75) is 38.6 Å². The van der Waals surface area contributed by atoms with Crippen molar-refractivity contribution in [2.24, 2.45) is 5.92 Å².